The van der Waals surface area contributed by atoms with Crippen molar-refractivity contribution in [3.05, 3.63) is 30.1 Å². The zero-order valence-corrected chi connectivity index (χ0v) is 11.0. The number of likely N-dealkylation sites (N-methyl/N-ethyl adjacent to an activating group) is 1. The molecule has 0 spiro atoms. The van der Waals surface area contributed by atoms with E-state index in [1.165, 1.54) is 6.20 Å². The van der Waals surface area contributed by atoms with E-state index in [1.807, 2.05) is 0 Å². The van der Waals surface area contributed by atoms with Gasteiger partial charge in [0.2, 0.25) is 0 Å². The Labute approximate surface area is 111 Å². The molecule has 1 N–H and O–H groups in total. The summed E-state index contributed by atoms with van der Waals surface area (Å²) in [6, 6.07) is 3.42. The van der Waals surface area contributed by atoms with E-state index < -0.39 is 5.60 Å². The molecule has 0 aliphatic carbocycles. The lowest BCUT2D eigenvalue weighted by Gasteiger charge is -2.39. The van der Waals surface area contributed by atoms with Crippen LogP contribution < -0.4 is 5.32 Å². The first kappa shape index (κ1) is 13.5. The minimum Gasteiger partial charge on any atom is -0.362 e. The lowest BCUT2D eigenvalue weighted by Crippen LogP contribution is -2.58. The zero-order chi connectivity index (χ0) is 13.9. The Morgan fingerprint density at radius 2 is 2.32 bits per heavy atom. The summed E-state index contributed by atoms with van der Waals surface area (Å²) < 4.78 is 5.51. The average molecular weight is 263 g/mol. The number of aromatic nitrogens is 1. The molecule has 1 aliphatic heterocycles. The summed E-state index contributed by atoms with van der Waals surface area (Å²) in [5.41, 5.74) is -0.478. The number of rotatable bonds is 2. The van der Waals surface area contributed by atoms with Crippen molar-refractivity contribution in [2.24, 2.45) is 0 Å². The van der Waals surface area contributed by atoms with Gasteiger partial charge in [0.1, 0.15) is 0 Å². The Morgan fingerprint density at radius 1 is 1.53 bits per heavy atom. The van der Waals surface area contributed by atoms with Crippen molar-refractivity contribution in [3.63, 3.8) is 0 Å². The summed E-state index contributed by atoms with van der Waals surface area (Å²) in [5.74, 6) is -0.359. The summed E-state index contributed by atoms with van der Waals surface area (Å²) in [6.07, 6.45) is 3.14. The fourth-order valence-electron chi connectivity index (χ4n) is 2.12. The largest absolute Gasteiger partial charge is 0.362 e. The number of carbonyl (C=O) groups is 2. The standard InChI is InChI=1S/C13H17N3O3/c1-13(12(18)14-2)9-16(6-7-19-13)11(17)10-4-3-5-15-8-10/h3-5,8H,6-7,9H2,1-2H3,(H,14,18)/t13-/m1/s1. The molecule has 2 heterocycles. The van der Waals surface area contributed by atoms with Gasteiger partial charge in [-0.15, -0.1) is 0 Å². The maximum Gasteiger partial charge on any atom is 0.255 e. The second-order valence-corrected chi connectivity index (χ2v) is 4.63. The molecule has 1 aromatic rings. The van der Waals surface area contributed by atoms with Crippen molar-refractivity contribution < 1.29 is 14.3 Å². The van der Waals surface area contributed by atoms with Crippen molar-refractivity contribution in [2.45, 2.75) is 12.5 Å². The van der Waals surface area contributed by atoms with Gasteiger partial charge in [-0.25, -0.2) is 0 Å². The predicted octanol–water partition coefficient (Wildman–Crippen LogP) is 0.0587. The van der Waals surface area contributed by atoms with Crippen molar-refractivity contribution in [3.8, 4) is 0 Å². The molecular weight excluding hydrogens is 246 g/mol. The van der Waals surface area contributed by atoms with Gasteiger partial charge in [-0.1, -0.05) is 0 Å². The minimum atomic E-state index is -0.995. The number of pyridine rings is 1. The number of ether oxygens (including phenoxy) is 1. The van der Waals surface area contributed by atoms with Crippen molar-refractivity contribution in [2.75, 3.05) is 26.7 Å². The van der Waals surface area contributed by atoms with E-state index in [-0.39, 0.29) is 18.4 Å². The van der Waals surface area contributed by atoms with Crippen LogP contribution in [-0.4, -0.2) is 54.0 Å². The van der Waals surface area contributed by atoms with Crippen LogP contribution in [-0.2, 0) is 9.53 Å². The third-order valence-electron chi connectivity index (χ3n) is 3.18. The second kappa shape index (κ2) is 5.36. The Kier molecular flexibility index (Phi) is 3.80. The molecule has 1 fully saturated rings. The van der Waals surface area contributed by atoms with Gasteiger partial charge in [0, 0.05) is 26.0 Å². The van der Waals surface area contributed by atoms with Crippen LogP contribution in [0.5, 0.6) is 0 Å². The first-order valence-electron chi connectivity index (χ1n) is 6.12. The molecule has 0 saturated carbocycles. The van der Waals surface area contributed by atoms with Crippen LogP contribution in [0.1, 0.15) is 17.3 Å². The van der Waals surface area contributed by atoms with E-state index in [1.54, 1.807) is 37.2 Å². The Bertz CT molecular complexity index is 477. The normalized spacial score (nSPS) is 22.9. The van der Waals surface area contributed by atoms with Crippen LogP contribution in [0.25, 0.3) is 0 Å². The quantitative estimate of drug-likeness (QED) is 0.819. The molecule has 1 aromatic heterocycles. The molecule has 1 saturated heterocycles. The van der Waals surface area contributed by atoms with Crippen molar-refractivity contribution >= 4 is 11.8 Å². The fraction of sp³-hybridized carbons (Fsp3) is 0.462. The van der Waals surface area contributed by atoms with Crippen LogP contribution in [0.3, 0.4) is 0 Å². The second-order valence-electron chi connectivity index (χ2n) is 4.63. The van der Waals surface area contributed by atoms with Gasteiger partial charge in [0.15, 0.2) is 5.60 Å². The topological polar surface area (TPSA) is 71.5 Å². The van der Waals surface area contributed by atoms with Crippen LogP contribution >= 0.6 is 0 Å². The van der Waals surface area contributed by atoms with E-state index in [0.29, 0.717) is 18.7 Å². The molecule has 102 valence electrons. The molecule has 2 amide bonds. The predicted molar refractivity (Wildman–Crippen MR) is 68.6 cm³/mol. The molecule has 19 heavy (non-hydrogen) atoms. The summed E-state index contributed by atoms with van der Waals surface area (Å²) >= 11 is 0. The highest BCUT2D eigenvalue weighted by Gasteiger charge is 2.40. The number of nitrogens with zero attached hydrogens (tertiary/aromatic N) is 2. The Hall–Kier alpha value is -1.95. The monoisotopic (exact) mass is 263 g/mol. The smallest absolute Gasteiger partial charge is 0.255 e. The summed E-state index contributed by atoms with van der Waals surface area (Å²) in [4.78, 5) is 29.7. The van der Waals surface area contributed by atoms with Crippen molar-refractivity contribution in [1.29, 1.82) is 0 Å². The number of nitrogens with one attached hydrogen (secondary N) is 1. The SMILES string of the molecule is CNC(=O)[C@@]1(C)CN(C(=O)c2cccnc2)CCO1. The zero-order valence-electron chi connectivity index (χ0n) is 11.0. The average Bonchev–Trinajstić information content (AvgIpc) is 2.46. The molecule has 1 aliphatic rings. The van der Waals surface area contributed by atoms with E-state index in [9.17, 15) is 9.59 Å². The maximum absolute atomic E-state index is 12.3. The summed E-state index contributed by atoms with van der Waals surface area (Å²) in [5, 5.41) is 2.56. The van der Waals surface area contributed by atoms with Crippen LogP contribution in [0, 0.1) is 0 Å². The van der Waals surface area contributed by atoms with Gasteiger partial charge in [-0.2, -0.15) is 0 Å². The molecule has 2 rings (SSSR count). The van der Waals surface area contributed by atoms with Crippen LogP contribution in [0.2, 0.25) is 0 Å². The molecular formula is C13H17N3O3. The van der Waals surface area contributed by atoms with E-state index >= 15 is 0 Å². The highest BCUT2D eigenvalue weighted by atomic mass is 16.5. The van der Waals surface area contributed by atoms with Gasteiger partial charge >= 0.3 is 0 Å². The third-order valence-corrected chi connectivity index (χ3v) is 3.18. The third kappa shape index (κ3) is 2.73. The van der Waals surface area contributed by atoms with E-state index in [4.69, 9.17) is 4.74 Å². The first-order chi connectivity index (χ1) is 9.07. The molecule has 1 atom stereocenters. The summed E-state index contributed by atoms with van der Waals surface area (Å²) in [6.45, 7) is 2.74. The summed E-state index contributed by atoms with van der Waals surface area (Å²) in [7, 11) is 1.55. The van der Waals surface area contributed by atoms with Crippen LogP contribution in [0.15, 0.2) is 24.5 Å². The van der Waals surface area contributed by atoms with Crippen LogP contribution in [0.4, 0.5) is 0 Å². The molecule has 0 unspecified atom stereocenters. The van der Waals surface area contributed by atoms with E-state index in [2.05, 4.69) is 10.3 Å². The Morgan fingerprint density at radius 3 is 2.95 bits per heavy atom. The fourth-order valence-corrected chi connectivity index (χ4v) is 2.12. The lowest BCUT2D eigenvalue weighted by molar-refractivity contribution is -0.153. The minimum absolute atomic E-state index is 0.133. The van der Waals surface area contributed by atoms with Gasteiger partial charge < -0.3 is 15.0 Å². The number of hydrogen-bond donors (Lipinski definition) is 1. The number of hydrogen-bond acceptors (Lipinski definition) is 4. The van der Waals surface area contributed by atoms with Gasteiger partial charge in [-0.05, 0) is 19.1 Å². The molecule has 0 bridgehead atoms. The van der Waals surface area contributed by atoms with Gasteiger partial charge in [0.05, 0.1) is 18.7 Å². The molecule has 6 nitrogen and oxygen atoms in total. The number of amides is 2. The first-order valence-corrected chi connectivity index (χ1v) is 6.12. The van der Waals surface area contributed by atoms with Crippen molar-refractivity contribution in [1.82, 2.24) is 15.2 Å². The van der Waals surface area contributed by atoms with Gasteiger partial charge in [-0.3, -0.25) is 14.6 Å². The lowest BCUT2D eigenvalue weighted by atomic mass is 10.0. The highest BCUT2D eigenvalue weighted by Crippen LogP contribution is 2.19. The number of carbonyl (C=O) groups excluding carboxylic acids is 2. The number of morpholine rings is 1. The van der Waals surface area contributed by atoms with Gasteiger partial charge in [0.25, 0.3) is 11.8 Å². The molecule has 0 radical (unpaired) electrons. The molecule has 0 aromatic carbocycles. The van der Waals surface area contributed by atoms with E-state index in [0.717, 1.165) is 0 Å². The Balaban J connectivity index is 2.14. The molecule has 6 heteroatoms. The highest BCUT2D eigenvalue weighted by molar-refractivity contribution is 5.95. The maximum atomic E-state index is 12.3.